The highest BCUT2D eigenvalue weighted by Crippen LogP contribution is 2.28. The first kappa shape index (κ1) is 20.3. The van der Waals surface area contributed by atoms with Crippen LogP contribution in [0, 0.1) is 0 Å². The third kappa shape index (κ3) is 6.72. The van der Waals surface area contributed by atoms with Gasteiger partial charge in [-0.25, -0.2) is 0 Å². The summed E-state index contributed by atoms with van der Waals surface area (Å²) in [4.78, 5) is 2.54. The minimum absolute atomic E-state index is 0.654. The molecule has 142 valence electrons. The van der Waals surface area contributed by atoms with Crippen LogP contribution in [0.1, 0.15) is 37.8 Å². The molecule has 0 N–H and O–H groups in total. The van der Waals surface area contributed by atoms with Gasteiger partial charge in [0.25, 0.3) is 0 Å². The van der Waals surface area contributed by atoms with Crippen LogP contribution < -0.4 is 9.47 Å². The van der Waals surface area contributed by atoms with Gasteiger partial charge in [-0.05, 0) is 55.6 Å². The summed E-state index contributed by atoms with van der Waals surface area (Å²) in [5.41, 5.74) is 2.59. The Bertz CT molecular complexity index is 621. The standard InChI is InChI=1S/C23H33NO2/c1-4-15-24(16-5-2)17-13-21-11-12-22(25-3)23(19-21)26-18-14-20-9-7-6-8-10-20/h6-12,19H,4-5,13-18H2,1-3H3/i15-1. The second-order valence-corrected chi connectivity index (χ2v) is 6.66. The molecule has 0 amide bonds. The summed E-state index contributed by atoms with van der Waals surface area (Å²) in [5, 5.41) is 0. The third-order valence-electron chi connectivity index (χ3n) is 4.52. The Balaban J connectivity index is 1.93. The van der Waals surface area contributed by atoms with E-state index in [1.165, 1.54) is 37.1 Å². The summed E-state index contributed by atoms with van der Waals surface area (Å²) in [6.07, 6.45) is 4.35. The van der Waals surface area contributed by atoms with Gasteiger partial charge < -0.3 is 14.4 Å². The van der Waals surface area contributed by atoms with Crippen LogP contribution in [-0.2, 0) is 12.8 Å². The van der Waals surface area contributed by atoms with Crippen molar-refractivity contribution in [2.45, 2.75) is 39.5 Å². The van der Waals surface area contributed by atoms with Gasteiger partial charge in [0.05, 0.1) is 13.7 Å². The van der Waals surface area contributed by atoms with E-state index < -0.39 is 0 Å². The van der Waals surface area contributed by atoms with Gasteiger partial charge in [-0.1, -0.05) is 50.2 Å². The van der Waals surface area contributed by atoms with Crippen molar-refractivity contribution < 1.29 is 9.47 Å². The van der Waals surface area contributed by atoms with E-state index in [9.17, 15) is 0 Å². The lowest BCUT2D eigenvalue weighted by atomic mass is 9.97. The maximum Gasteiger partial charge on any atom is 0.161 e. The van der Waals surface area contributed by atoms with E-state index in [0.717, 1.165) is 30.9 Å². The van der Waals surface area contributed by atoms with Crippen LogP contribution in [0.25, 0.3) is 0 Å². The molecule has 2 aromatic rings. The maximum absolute atomic E-state index is 6.04. The molecule has 0 aliphatic heterocycles. The number of benzene rings is 2. The Morgan fingerprint density at radius 1 is 0.769 bits per heavy atom. The molecule has 0 bridgehead atoms. The zero-order valence-corrected chi connectivity index (χ0v) is 16.5. The topological polar surface area (TPSA) is 21.7 Å². The molecule has 0 heterocycles. The molecule has 3 heteroatoms. The maximum atomic E-state index is 6.04. The lowest BCUT2D eigenvalue weighted by molar-refractivity contribution is 0.277. The van der Waals surface area contributed by atoms with E-state index in [1.54, 1.807) is 7.11 Å². The van der Waals surface area contributed by atoms with Crippen LogP contribution in [0.5, 0.6) is 11.5 Å². The molecule has 26 heavy (non-hydrogen) atoms. The zero-order chi connectivity index (χ0) is 18.6. The number of ether oxygens (including phenoxy) is 2. The predicted molar refractivity (Wildman–Crippen MR) is 109 cm³/mol. The summed E-state index contributed by atoms with van der Waals surface area (Å²) in [6.45, 7) is 8.58. The van der Waals surface area contributed by atoms with Crippen molar-refractivity contribution in [2.24, 2.45) is 0 Å². The summed E-state index contributed by atoms with van der Waals surface area (Å²) in [5.74, 6) is 1.65. The van der Waals surface area contributed by atoms with Crippen LogP contribution in [0.4, 0.5) is 0 Å². The van der Waals surface area contributed by atoms with E-state index in [4.69, 9.17) is 9.47 Å². The summed E-state index contributed by atoms with van der Waals surface area (Å²) >= 11 is 0. The number of hydrogen-bond acceptors (Lipinski definition) is 3. The first-order valence-corrected chi connectivity index (χ1v) is 9.82. The highest BCUT2D eigenvalue weighted by atomic mass is 16.5. The van der Waals surface area contributed by atoms with E-state index >= 15 is 0 Å². The lowest BCUT2D eigenvalue weighted by Crippen LogP contribution is -2.27. The normalized spacial score (nSPS) is 10.9. The number of methoxy groups -OCH3 is 1. The molecular weight excluding hydrogens is 321 g/mol. The SMILES string of the molecule is CCCN(CCc1ccc(OC)c(OCCc2ccccc2)c1)[11CH2]CC. The molecule has 0 saturated carbocycles. The van der Waals surface area contributed by atoms with Gasteiger partial charge in [-0.3, -0.25) is 0 Å². The van der Waals surface area contributed by atoms with Gasteiger partial charge in [0.1, 0.15) is 0 Å². The molecule has 0 aromatic heterocycles. The highest BCUT2D eigenvalue weighted by molar-refractivity contribution is 5.43. The van der Waals surface area contributed by atoms with Gasteiger partial charge in [0.15, 0.2) is 11.5 Å². The molecule has 0 atom stereocenters. The molecule has 2 aromatic carbocycles. The summed E-state index contributed by atoms with van der Waals surface area (Å²) in [7, 11) is 1.70. The zero-order valence-electron chi connectivity index (χ0n) is 16.5. The molecule has 0 unspecified atom stereocenters. The van der Waals surface area contributed by atoms with Gasteiger partial charge in [-0.2, -0.15) is 0 Å². The fourth-order valence-electron chi connectivity index (χ4n) is 3.17. The molecule has 0 radical (unpaired) electrons. The molecule has 3 nitrogen and oxygen atoms in total. The van der Waals surface area contributed by atoms with Crippen molar-refractivity contribution in [3.8, 4) is 11.5 Å². The molecule has 0 saturated heterocycles. The molecule has 0 spiro atoms. The minimum Gasteiger partial charge on any atom is -0.493 e. The highest BCUT2D eigenvalue weighted by Gasteiger charge is 2.08. The predicted octanol–water partition coefficient (Wildman–Crippen LogP) is 4.98. The average Bonchev–Trinajstić information content (AvgIpc) is 2.67. The number of nitrogens with zero attached hydrogens (tertiary/aromatic N) is 1. The Labute approximate surface area is 158 Å². The largest absolute Gasteiger partial charge is 0.493 e. The summed E-state index contributed by atoms with van der Waals surface area (Å²) in [6, 6.07) is 16.7. The first-order chi connectivity index (χ1) is 12.8. The molecule has 2 rings (SSSR count). The van der Waals surface area contributed by atoms with Crippen molar-refractivity contribution in [1.29, 1.82) is 0 Å². The van der Waals surface area contributed by atoms with Crippen LogP contribution >= 0.6 is 0 Å². The van der Waals surface area contributed by atoms with Gasteiger partial charge in [0.2, 0.25) is 0 Å². The van der Waals surface area contributed by atoms with Crippen LogP contribution in [0.2, 0.25) is 0 Å². The van der Waals surface area contributed by atoms with Crippen molar-refractivity contribution in [1.82, 2.24) is 4.90 Å². The number of rotatable bonds is 12. The monoisotopic (exact) mass is 354 g/mol. The third-order valence-corrected chi connectivity index (χ3v) is 4.52. The van der Waals surface area contributed by atoms with Crippen LogP contribution in [0.3, 0.4) is 0 Å². The molecule has 0 aliphatic rings. The average molecular weight is 355 g/mol. The second-order valence-electron chi connectivity index (χ2n) is 6.66. The molecular formula is C23H33NO2. The Hall–Kier alpha value is -2.00. The van der Waals surface area contributed by atoms with Crippen molar-refractivity contribution in [3.63, 3.8) is 0 Å². The van der Waals surface area contributed by atoms with Gasteiger partial charge >= 0.3 is 0 Å². The Kier molecular flexibility index (Phi) is 9.05. The minimum atomic E-state index is 0.654. The first-order valence-electron chi connectivity index (χ1n) is 9.82. The van der Waals surface area contributed by atoms with E-state index in [2.05, 4.69) is 55.1 Å². The van der Waals surface area contributed by atoms with E-state index in [-0.39, 0.29) is 0 Å². The van der Waals surface area contributed by atoms with Crippen molar-refractivity contribution in [3.05, 3.63) is 59.7 Å². The molecule has 0 fully saturated rings. The quantitative estimate of drug-likeness (QED) is 0.536. The van der Waals surface area contributed by atoms with Gasteiger partial charge in [-0.15, -0.1) is 0 Å². The van der Waals surface area contributed by atoms with E-state index in [1.807, 2.05) is 12.1 Å². The smallest absolute Gasteiger partial charge is 0.161 e. The number of hydrogen-bond donors (Lipinski definition) is 0. The van der Waals surface area contributed by atoms with E-state index in [0.29, 0.717) is 6.61 Å². The molecule has 0 aliphatic carbocycles. The van der Waals surface area contributed by atoms with Gasteiger partial charge in [0, 0.05) is 13.0 Å². The van der Waals surface area contributed by atoms with Crippen molar-refractivity contribution >= 4 is 0 Å². The summed E-state index contributed by atoms with van der Waals surface area (Å²) < 4.78 is 11.5. The lowest BCUT2D eigenvalue weighted by Gasteiger charge is -2.21. The van der Waals surface area contributed by atoms with Crippen molar-refractivity contribution in [2.75, 3.05) is 33.4 Å². The van der Waals surface area contributed by atoms with Crippen LogP contribution in [-0.4, -0.2) is 38.3 Å². The Morgan fingerprint density at radius 3 is 2.15 bits per heavy atom. The van der Waals surface area contributed by atoms with Crippen LogP contribution in [0.15, 0.2) is 48.5 Å². The second kappa shape index (κ2) is 11.6. The fraction of sp³-hybridized carbons (Fsp3) is 0.478. The Morgan fingerprint density at radius 2 is 1.50 bits per heavy atom. The fourth-order valence-corrected chi connectivity index (χ4v) is 3.17.